The van der Waals surface area contributed by atoms with Crippen LogP contribution in [-0.2, 0) is 5.75 Å². The van der Waals surface area contributed by atoms with Gasteiger partial charge in [-0.15, -0.1) is 0 Å². The molecule has 0 aliphatic heterocycles. The van der Waals surface area contributed by atoms with Crippen molar-refractivity contribution < 1.29 is 0 Å². The average Bonchev–Trinajstić information content (AvgIpc) is 2.74. The van der Waals surface area contributed by atoms with Gasteiger partial charge in [0.2, 0.25) is 0 Å². The molecule has 0 N–H and O–H groups in total. The second kappa shape index (κ2) is 7.98. The van der Waals surface area contributed by atoms with E-state index in [1.807, 2.05) is 42.5 Å². The zero-order valence-corrected chi connectivity index (χ0v) is 15.1. The lowest BCUT2D eigenvalue weighted by molar-refractivity contribution is 0.978. The minimum atomic E-state index is 0.800. The maximum atomic E-state index is 4.80. The van der Waals surface area contributed by atoms with Crippen LogP contribution in [0.3, 0.4) is 0 Å². The first kappa shape index (κ1) is 16.6. The van der Waals surface area contributed by atoms with E-state index in [2.05, 4.69) is 54.6 Å². The van der Waals surface area contributed by atoms with Crippen molar-refractivity contribution in [3.8, 4) is 22.5 Å². The Bertz CT molecular complexity index is 913. The molecule has 0 spiro atoms. The third-order valence-electron chi connectivity index (χ3n) is 4.06. The van der Waals surface area contributed by atoms with Crippen LogP contribution in [0.15, 0.2) is 102 Å². The van der Waals surface area contributed by atoms with Gasteiger partial charge < -0.3 is 0 Å². The fourth-order valence-electron chi connectivity index (χ4n) is 2.73. The molecule has 4 aromatic rings. The van der Waals surface area contributed by atoms with Gasteiger partial charge in [0.25, 0.3) is 0 Å². The van der Waals surface area contributed by atoms with Crippen molar-refractivity contribution in [2.45, 2.75) is 10.9 Å². The van der Waals surface area contributed by atoms with Gasteiger partial charge in [0.05, 0.1) is 11.4 Å². The Kier molecular flexibility index (Phi) is 5.08. The number of thioether (sulfide) groups is 1. The van der Waals surface area contributed by atoms with Crippen molar-refractivity contribution in [3.05, 3.63) is 103 Å². The monoisotopic (exact) mass is 354 g/mol. The van der Waals surface area contributed by atoms with Crippen LogP contribution in [0.5, 0.6) is 0 Å². The topological polar surface area (TPSA) is 25.8 Å². The molecule has 1 heterocycles. The smallest absolute Gasteiger partial charge is 0.189 e. The summed E-state index contributed by atoms with van der Waals surface area (Å²) in [6, 6.07) is 33.0. The summed E-state index contributed by atoms with van der Waals surface area (Å²) in [6.45, 7) is 0. The maximum Gasteiger partial charge on any atom is 0.189 e. The lowest BCUT2D eigenvalue weighted by Gasteiger charge is -2.09. The van der Waals surface area contributed by atoms with Crippen molar-refractivity contribution in [1.82, 2.24) is 9.97 Å². The molecular weight excluding hydrogens is 336 g/mol. The summed E-state index contributed by atoms with van der Waals surface area (Å²) in [7, 11) is 0. The first-order valence-corrected chi connectivity index (χ1v) is 9.54. The van der Waals surface area contributed by atoms with Gasteiger partial charge in [0, 0.05) is 16.9 Å². The van der Waals surface area contributed by atoms with E-state index in [4.69, 9.17) is 9.97 Å². The number of hydrogen-bond acceptors (Lipinski definition) is 3. The molecule has 0 fully saturated rings. The summed E-state index contributed by atoms with van der Waals surface area (Å²) >= 11 is 1.67. The van der Waals surface area contributed by atoms with Crippen LogP contribution in [0.4, 0.5) is 0 Å². The first-order chi connectivity index (χ1) is 12.9. The molecule has 0 unspecified atom stereocenters. The quantitative estimate of drug-likeness (QED) is 0.320. The Morgan fingerprint density at radius 2 is 1.04 bits per heavy atom. The minimum absolute atomic E-state index is 0.800. The summed E-state index contributed by atoms with van der Waals surface area (Å²) in [6.07, 6.45) is 0. The first-order valence-electron chi connectivity index (χ1n) is 8.55. The van der Waals surface area contributed by atoms with E-state index in [9.17, 15) is 0 Å². The van der Waals surface area contributed by atoms with E-state index < -0.39 is 0 Å². The third-order valence-corrected chi connectivity index (χ3v) is 4.97. The van der Waals surface area contributed by atoms with Crippen LogP contribution in [0.2, 0.25) is 0 Å². The highest BCUT2D eigenvalue weighted by atomic mass is 32.2. The lowest BCUT2D eigenvalue weighted by Crippen LogP contribution is -1.95. The van der Waals surface area contributed by atoms with Crippen molar-refractivity contribution in [2.75, 3.05) is 0 Å². The third kappa shape index (κ3) is 4.01. The van der Waals surface area contributed by atoms with Gasteiger partial charge in [-0.1, -0.05) is 103 Å². The van der Waals surface area contributed by atoms with Crippen LogP contribution in [-0.4, -0.2) is 9.97 Å². The molecule has 0 aliphatic rings. The summed E-state index contributed by atoms with van der Waals surface area (Å²) in [5.74, 6) is 0.854. The van der Waals surface area contributed by atoms with Crippen molar-refractivity contribution in [2.24, 2.45) is 0 Å². The highest BCUT2D eigenvalue weighted by Gasteiger charge is 2.09. The standard InChI is InChI=1S/C23H18N2S/c1-4-10-18(11-5-1)17-26-23-24-21(19-12-6-2-7-13-19)16-22(25-23)20-14-8-3-9-15-20/h1-16H,17H2. The van der Waals surface area contributed by atoms with Crippen LogP contribution in [0.1, 0.15) is 5.56 Å². The SMILES string of the molecule is c1ccc(CSc2nc(-c3ccccc3)cc(-c3ccccc3)n2)cc1. The number of benzene rings is 3. The zero-order valence-electron chi connectivity index (χ0n) is 14.2. The Labute approximate surface area is 158 Å². The van der Waals surface area contributed by atoms with Gasteiger partial charge in [-0.3, -0.25) is 0 Å². The van der Waals surface area contributed by atoms with E-state index in [1.165, 1.54) is 5.56 Å². The number of nitrogens with zero attached hydrogens (tertiary/aromatic N) is 2. The van der Waals surface area contributed by atoms with Gasteiger partial charge in [-0.25, -0.2) is 9.97 Å². The van der Waals surface area contributed by atoms with E-state index in [1.54, 1.807) is 11.8 Å². The molecule has 0 atom stereocenters. The van der Waals surface area contributed by atoms with Crippen LogP contribution in [0, 0.1) is 0 Å². The molecule has 26 heavy (non-hydrogen) atoms. The van der Waals surface area contributed by atoms with Crippen molar-refractivity contribution >= 4 is 11.8 Å². The average molecular weight is 354 g/mol. The molecular formula is C23H18N2S. The van der Waals surface area contributed by atoms with Crippen LogP contribution in [0.25, 0.3) is 22.5 Å². The van der Waals surface area contributed by atoms with Gasteiger partial charge in [-0.2, -0.15) is 0 Å². The fraction of sp³-hybridized carbons (Fsp3) is 0.0435. The highest BCUT2D eigenvalue weighted by molar-refractivity contribution is 7.98. The highest BCUT2D eigenvalue weighted by Crippen LogP contribution is 2.28. The molecule has 3 aromatic carbocycles. The van der Waals surface area contributed by atoms with Gasteiger partial charge in [-0.05, 0) is 11.6 Å². The molecule has 0 aliphatic carbocycles. The zero-order chi connectivity index (χ0) is 17.6. The lowest BCUT2D eigenvalue weighted by atomic mass is 10.1. The molecule has 0 radical (unpaired) electrons. The van der Waals surface area contributed by atoms with E-state index >= 15 is 0 Å². The Morgan fingerprint density at radius 3 is 1.54 bits per heavy atom. The second-order valence-electron chi connectivity index (χ2n) is 5.93. The van der Waals surface area contributed by atoms with Gasteiger partial charge >= 0.3 is 0 Å². The summed E-state index contributed by atoms with van der Waals surface area (Å²) < 4.78 is 0. The predicted octanol–water partition coefficient (Wildman–Crippen LogP) is 6.10. The largest absolute Gasteiger partial charge is 0.222 e. The van der Waals surface area contributed by atoms with Crippen LogP contribution < -0.4 is 0 Å². The summed E-state index contributed by atoms with van der Waals surface area (Å²) in [5.41, 5.74) is 5.39. The molecule has 3 heteroatoms. The molecule has 0 bridgehead atoms. The van der Waals surface area contributed by atoms with Crippen molar-refractivity contribution in [3.63, 3.8) is 0 Å². The molecule has 4 rings (SSSR count). The summed E-state index contributed by atoms with van der Waals surface area (Å²) in [4.78, 5) is 9.59. The fourth-order valence-corrected chi connectivity index (χ4v) is 3.54. The van der Waals surface area contributed by atoms with Gasteiger partial charge in [0.15, 0.2) is 5.16 Å². The van der Waals surface area contributed by atoms with E-state index in [0.29, 0.717) is 0 Å². The Morgan fingerprint density at radius 1 is 0.577 bits per heavy atom. The van der Waals surface area contributed by atoms with E-state index in [0.717, 1.165) is 33.4 Å². The summed E-state index contributed by atoms with van der Waals surface area (Å²) in [5, 5.41) is 0.800. The molecule has 0 amide bonds. The molecule has 0 saturated carbocycles. The molecule has 126 valence electrons. The van der Waals surface area contributed by atoms with Gasteiger partial charge in [0.1, 0.15) is 0 Å². The van der Waals surface area contributed by atoms with Crippen molar-refractivity contribution in [1.29, 1.82) is 0 Å². The molecule has 2 nitrogen and oxygen atoms in total. The molecule has 0 saturated heterocycles. The number of rotatable bonds is 5. The van der Waals surface area contributed by atoms with E-state index in [-0.39, 0.29) is 0 Å². The number of aromatic nitrogens is 2. The maximum absolute atomic E-state index is 4.80. The van der Waals surface area contributed by atoms with Crippen LogP contribution >= 0.6 is 11.8 Å². The minimum Gasteiger partial charge on any atom is -0.222 e. The normalized spacial score (nSPS) is 10.6. The molecule has 1 aromatic heterocycles. The predicted molar refractivity (Wildman–Crippen MR) is 109 cm³/mol. The number of hydrogen-bond donors (Lipinski definition) is 0. The second-order valence-corrected chi connectivity index (χ2v) is 6.87. The Hall–Kier alpha value is -2.91. The Balaban J connectivity index is 1.70.